The van der Waals surface area contributed by atoms with Crippen molar-refractivity contribution < 1.29 is 41.7 Å². The molecule has 0 aliphatic rings. The first-order valence-electron chi connectivity index (χ1n) is 2.52. The summed E-state index contributed by atoms with van der Waals surface area (Å²) in [6, 6.07) is 0. The molecule has 0 aliphatic carbocycles. The second kappa shape index (κ2) is 5.88. The third-order valence-electron chi connectivity index (χ3n) is 0.804. The Bertz CT molecular complexity index is 176. The van der Waals surface area contributed by atoms with Crippen molar-refractivity contribution in [3.63, 3.8) is 0 Å². The van der Waals surface area contributed by atoms with Gasteiger partial charge in [0, 0.05) is 23.5 Å². The van der Waals surface area contributed by atoms with Crippen molar-refractivity contribution in [1.29, 1.82) is 0 Å². The van der Waals surface area contributed by atoms with E-state index in [-0.39, 0.29) is 17.1 Å². The molecular formula is C5H6CuO5. The molecule has 0 heterocycles. The summed E-state index contributed by atoms with van der Waals surface area (Å²) in [7, 11) is 0. The van der Waals surface area contributed by atoms with E-state index in [1.165, 1.54) is 0 Å². The predicted molar refractivity (Wildman–Crippen MR) is 29.5 cm³/mol. The Hall–Kier alpha value is -0.871. The maximum Gasteiger partial charge on any atom is 0.372 e. The van der Waals surface area contributed by atoms with Crippen molar-refractivity contribution in [3.8, 4) is 0 Å². The number of hydrogen-bond donors (Lipinski definition) is 2. The zero-order chi connectivity index (χ0) is 8.15. The third kappa shape index (κ3) is 7.02. The molecule has 0 spiro atoms. The molecule has 0 bridgehead atoms. The monoisotopic (exact) mass is 209 g/mol. The SMILES string of the molecule is O=C(O)CCC(=O)C(=O)O.[Cu]. The van der Waals surface area contributed by atoms with Gasteiger partial charge < -0.3 is 10.2 Å². The molecule has 0 aliphatic heterocycles. The number of hydrogen-bond acceptors (Lipinski definition) is 3. The molecule has 5 nitrogen and oxygen atoms in total. The van der Waals surface area contributed by atoms with E-state index >= 15 is 0 Å². The van der Waals surface area contributed by atoms with Gasteiger partial charge in [0.15, 0.2) is 0 Å². The molecule has 0 saturated heterocycles. The summed E-state index contributed by atoms with van der Waals surface area (Å²) in [6.45, 7) is 0. The van der Waals surface area contributed by atoms with Crippen LogP contribution >= 0.6 is 0 Å². The Balaban J connectivity index is 0. The zero-order valence-corrected chi connectivity index (χ0v) is 6.28. The van der Waals surface area contributed by atoms with Crippen molar-refractivity contribution in [2.24, 2.45) is 0 Å². The number of ketones is 1. The first kappa shape index (κ1) is 12.8. The van der Waals surface area contributed by atoms with Gasteiger partial charge in [-0.2, -0.15) is 0 Å². The smallest absolute Gasteiger partial charge is 0.372 e. The molecule has 0 aromatic rings. The molecule has 0 rings (SSSR count). The van der Waals surface area contributed by atoms with Gasteiger partial charge in [-0.15, -0.1) is 0 Å². The molecule has 0 fully saturated rings. The van der Waals surface area contributed by atoms with Crippen LogP contribution in [0.25, 0.3) is 0 Å². The van der Waals surface area contributed by atoms with Gasteiger partial charge in [0.25, 0.3) is 0 Å². The van der Waals surface area contributed by atoms with Gasteiger partial charge in [0.05, 0.1) is 6.42 Å². The van der Waals surface area contributed by atoms with Crippen LogP contribution in [0, 0.1) is 0 Å². The summed E-state index contributed by atoms with van der Waals surface area (Å²) in [5, 5.41) is 16.0. The normalized spacial score (nSPS) is 8.00. The van der Waals surface area contributed by atoms with Gasteiger partial charge in [0.1, 0.15) is 0 Å². The van der Waals surface area contributed by atoms with Crippen LogP contribution in [0.2, 0.25) is 0 Å². The summed E-state index contributed by atoms with van der Waals surface area (Å²) in [4.78, 5) is 29.7. The van der Waals surface area contributed by atoms with Gasteiger partial charge in [-0.1, -0.05) is 0 Å². The second-order valence-corrected chi connectivity index (χ2v) is 1.62. The van der Waals surface area contributed by atoms with Gasteiger partial charge in [-0.3, -0.25) is 9.59 Å². The molecule has 0 aromatic heterocycles. The van der Waals surface area contributed by atoms with Gasteiger partial charge in [-0.05, 0) is 0 Å². The van der Waals surface area contributed by atoms with E-state index in [0.29, 0.717) is 0 Å². The summed E-state index contributed by atoms with van der Waals surface area (Å²) in [6.07, 6.45) is -0.865. The molecule has 0 atom stereocenters. The maximum absolute atomic E-state index is 10.2. The van der Waals surface area contributed by atoms with Crippen molar-refractivity contribution >= 4 is 17.7 Å². The number of carbonyl (C=O) groups is 3. The quantitative estimate of drug-likeness (QED) is 0.481. The van der Waals surface area contributed by atoms with E-state index in [1.54, 1.807) is 0 Å². The fraction of sp³-hybridized carbons (Fsp3) is 0.400. The largest absolute Gasteiger partial charge is 0.481 e. The molecule has 11 heavy (non-hydrogen) atoms. The minimum atomic E-state index is -1.58. The Morgan fingerprint density at radius 3 is 1.73 bits per heavy atom. The molecule has 0 amide bonds. The molecule has 2 N–H and O–H groups in total. The Morgan fingerprint density at radius 2 is 1.45 bits per heavy atom. The summed E-state index contributed by atoms with van der Waals surface area (Å²) in [5.74, 6) is -3.82. The summed E-state index contributed by atoms with van der Waals surface area (Å²) < 4.78 is 0. The molecular weight excluding hydrogens is 204 g/mol. The molecule has 0 saturated carbocycles. The third-order valence-corrected chi connectivity index (χ3v) is 0.804. The number of aliphatic carboxylic acids is 2. The van der Waals surface area contributed by atoms with Crippen LogP contribution in [0.3, 0.4) is 0 Å². The number of Topliss-reactive ketones (excluding diaryl/α,β-unsaturated/α-hetero) is 1. The fourth-order valence-corrected chi connectivity index (χ4v) is 0.327. The summed E-state index contributed by atoms with van der Waals surface area (Å²) >= 11 is 0. The van der Waals surface area contributed by atoms with E-state index in [4.69, 9.17) is 10.2 Å². The van der Waals surface area contributed by atoms with Gasteiger partial charge >= 0.3 is 11.9 Å². The van der Waals surface area contributed by atoms with E-state index in [9.17, 15) is 14.4 Å². The van der Waals surface area contributed by atoms with Crippen molar-refractivity contribution in [2.75, 3.05) is 0 Å². The van der Waals surface area contributed by atoms with E-state index in [1.807, 2.05) is 0 Å². The molecule has 1 radical (unpaired) electrons. The van der Waals surface area contributed by atoms with E-state index in [0.717, 1.165) is 0 Å². The Morgan fingerprint density at radius 1 is 1.00 bits per heavy atom. The van der Waals surface area contributed by atoms with Crippen LogP contribution in [0.5, 0.6) is 0 Å². The fourth-order valence-electron chi connectivity index (χ4n) is 0.327. The number of carboxylic acid groups (broad SMARTS) is 2. The first-order chi connectivity index (χ1) is 4.54. The number of rotatable bonds is 4. The topological polar surface area (TPSA) is 91.7 Å². The van der Waals surface area contributed by atoms with Crippen LogP contribution < -0.4 is 0 Å². The maximum atomic E-state index is 10.2. The number of carbonyl (C=O) groups excluding carboxylic acids is 1. The standard InChI is InChI=1S/C5H6O5.Cu/c6-3(5(9)10)1-2-4(7)8;/h1-2H2,(H,7,8)(H,9,10);. The van der Waals surface area contributed by atoms with Crippen molar-refractivity contribution in [2.45, 2.75) is 12.8 Å². The average molecular weight is 210 g/mol. The summed E-state index contributed by atoms with van der Waals surface area (Å²) in [5.41, 5.74) is 0. The molecule has 0 aromatic carbocycles. The molecule has 0 unspecified atom stereocenters. The zero-order valence-electron chi connectivity index (χ0n) is 5.33. The molecule has 67 valence electrons. The predicted octanol–water partition coefficient (Wildman–Crippen LogP) is -0.498. The first-order valence-corrected chi connectivity index (χ1v) is 2.52. The van der Waals surface area contributed by atoms with Crippen LogP contribution in [0.1, 0.15) is 12.8 Å². The second-order valence-electron chi connectivity index (χ2n) is 1.62. The van der Waals surface area contributed by atoms with Gasteiger partial charge in [-0.25, -0.2) is 4.79 Å². The van der Waals surface area contributed by atoms with E-state index < -0.39 is 30.6 Å². The van der Waals surface area contributed by atoms with Crippen molar-refractivity contribution in [1.82, 2.24) is 0 Å². The molecule has 6 heteroatoms. The Labute approximate surface area is 72.9 Å². The number of carboxylic acids is 2. The minimum Gasteiger partial charge on any atom is -0.481 e. The average Bonchev–Trinajstić information content (AvgIpc) is 1.82. The van der Waals surface area contributed by atoms with Gasteiger partial charge in [0.2, 0.25) is 5.78 Å². The van der Waals surface area contributed by atoms with Crippen LogP contribution in [0.4, 0.5) is 0 Å². The Kier molecular flexibility index (Phi) is 6.83. The van der Waals surface area contributed by atoms with Crippen molar-refractivity contribution in [3.05, 3.63) is 0 Å². The van der Waals surface area contributed by atoms with E-state index in [2.05, 4.69) is 0 Å². The van der Waals surface area contributed by atoms with Crippen LogP contribution in [-0.4, -0.2) is 27.9 Å². The minimum absolute atomic E-state index is 0. The van der Waals surface area contributed by atoms with Crippen LogP contribution in [0.15, 0.2) is 0 Å². The van der Waals surface area contributed by atoms with Crippen LogP contribution in [-0.2, 0) is 31.5 Å².